The molecule has 0 bridgehead atoms. The molecule has 3 rings (SSSR count). The standard InChI is InChI=1S/C33H54N4O13P2/c1-21(2)37(22(3)4)51(46-16-13-23-18-34-23)50-26-24(49-28(27(26)43-11)36-15-12-25(38)35-31(36)41)14-17-52(42,47-19-44-29(39)32(5,6)7)48-20-45-30(40)33(8,9)10/h12,14-15,17-18,21-24,26-28H,13,16,19-20H2,1-11H3,(H,35,38,41)/b17-14+/t23?,24-,26+,27+,28-,51?/m1/s1. The Bertz CT molecular complexity index is 1530. The maximum atomic E-state index is 14.1. The Balaban J connectivity index is 2.01. The molecule has 3 heterocycles. The number of nitrogens with one attached hydrogen (secondary N) is 1. The van der Waals surface area contributed by atoms with Crippen LogP contribution in [0.15, 0.2) is 38.7 Å². The topological polar surface area (TPSA) is 196 Å². The van der Waals surface area contributed by atoms with Gasteiger partial charge in [-0.3, -0.25) is 42.5 Å². The normalized spacial score (nSPS) is 22.8. The van der Waals surface area contributed by atoms with Gasteiger partial charge in [0.15, 0.2) is 6.23 Å². The van der Waals surface area contributed by atoms with Gasteiger partial charge in [0, 0.05) is 43.5 Å². The summed E-state index contributed by atoms with van der Waals surface area (Å²) in [4.78, 5) is 56.0. The van der Waals surface area contributed by atoms with E-state index in [9.17, 15) is 23.7 Å². The lowest BCUT2D eigenvalue weighted by Gasteiger charge is -2.38. The largest absolute Gasteiger partial charge is 0.438 e. The average molecular weight is 777 g/mol. The smallest absolute Gasteiger partial charge is 0.359 e. The molecule has 0 aromatic carbocycles. The molecule has 0 saturated carbocycles. The third kappa shape index (κ3) is 12.8. The summed E-state index contributed by atoms with van der Waals surface area (Å²) in [5.74, 6) is -0.160. The zero-order valence-corrected chi connectivity index (χ0v) is 33.6. The fourth-order valence-corrected chi connectivity index (χ4v) is 7.58. The molecule has 1 aromatic heterocycles. The molecule has 19 heteroatoms. The third-order valence-electron chi connectivity index (χ3n) is 7.58. The van der Waals surface area contributed by atoms with Crippen molar-refractivity contribution in [2.45, 2.75) is 118 Å². The van der Waals surface area contributed by atoms with Crippen LogP contribution in [0.2, 0.25) is 0 Å². The van der Waals surface area contributed by atoms with Crippen molar-refractivity contribution in [3.8, 4) is 0 Å². The highest BCUT2D eigenvalue weighted by atomic mass is 31.2. The SMILES string of the molecule is CO[C@H]1[C@@H](OP(OCCC2C=N2)N(C(C)C)C(C)C)[C@@H](/C=C/P(=O)(OCOC(=O)C(C)(C)C)OCOC(=O)C(C)(C)C)O[C@H]1n1ccc(=O)[nH]c1=O. The number of carbonyl (C=O) groups is 2. The van der Waals surface area contributed by atoms with Gasteiger partial charge in [-0.05, 0) is 81.7 Å². The average Bonchev–Trinajstić information content (AvgIpc) is 3.79. The monoisotopic (exact) mass is 776 g/mol. The zero-order chi connectivity index (χ0) is 39.0. The Labute approximate surface area is 305 Å². The van der Waals surface area contributed by atoms with Gasteiger partial charge in [-0.25, -0.2) is 9.46 Å². The van der Waals surface area contributed by atoms with E-state index in [-0.39, 0.29) is 18.1 Å². The number of aliphatic imine (C=N–C) groups is 1. The molecule has 294 valence electrons. The van der Waals surface area contributed by atoms with Crippen LogP contribution in [0.3, 0.4) is 0 Å². The number of hydrogen-bond donors (Lipinski definition) is 1. The Morgan fingerprint density at radius 2 is 1.58 bits per heavy atom. The molecule has 52 heavy (non-hydrogen) atoms. The molecule has 1 saturated heterocycles. The fourth-order valence-electron chi connectivity index (χ4n) is 4.79. The molecule has 1 N–H and O–H groups in total. The quantitative estimate of drug-likeness (QED) is 0.114. The number of rotatable bonds is 19. The summed E-state index contributed by atoms with van der Waals surface area (Å²) in [5, 5.41) is 0. The van der Waals surface area contributed by atoms with Crippen molar-refractivity contribution >= 4 is 34.3 Å². The van der Waals surface area contributed by atoms with Crippen LogP contribution in [-0.2, 0) is 51.2 Å². The minimum atomic E-state index is -4.34. The summed E-state index contributed by atoms with van der Waals surface area (Å²) in [5.41, 5.74) is -3.10. The van der Waals surface area contributed by atoms with Crippen LogP contribution in [0, 0.1) is 10.8 Å². The predicted molar refractivity (Wildman–Crippen MR) is 193 cm³/mol. The molecule has 0 amide bonds. The Hall–Kier alpha value is -2.59. The molecule has 6 atom stereocenters. The lowest BCUT2D eigenvalue weighted by Crippen LogP contribution is -2.41. The molecule has 0 radical (unpaired) electrons. The number of hydrogen-bond acceptors (Lipinski definition) is 15. The van der Waals surface area contributed by atoms with Crippen LogP contribution in [0.5, 0.6) is 0 Å². The molecule has 2 unspecified atom stereocenters. The zero-order valence-electron chi connectivity index (χ0n) is 31.8. The number of H-pyrrole nitrogens is 1. The molecular weight excluding hydrogens is 722 g/mol. The van der Waals surface area contributed by atoms with Crippen LogP contribution >= 0.6 is 16.1 Å². The number of esters is 2. The lowest BCUT2D eigenvalue weighted by molar-refractivity contribution is -0.161. The van der Waals surface area contributed by atoms with Crippen molar-refractivity contribution < 1.29 is 51.2 Å². The van der Waals surface area contributed by atoms with Gasteiger partial charge >= 0.3 is 25.2 Å². The summed E-state index contributed by atoms with van der Waals surface area (Å²) in [7, 11) is -4.70. The maximum Gasteiger partial charge on any atom is 0.359 e. The second-order valence-corrected chi connectivity index (χ2v) is 18.1. The number of nitrogens with zero attached hydrogens (tertiary/aromatic N) is 3. The number of ether oxygens (including phenoxy) is 4. The second-order valence-electron chi connectivity index (χ2n) is 14.8. The second kappa shape index (κ2) is 18.6. The van der Waals surface area contributed by atoms with E-state index in [0.717, 1.165) is 10.4 Å². The highest BCUT2D eigenvalue weighted by Gasteiger charge is 2.49. The van der Waals surface area contributed by atoms with Crippen LogP contribution in [0.4, 0.5) is 0 Å². The summed E-state index contributed by atoms with van der Waals surface area (Å²) in [6.45, 7) is 16.7. The molecule has 1 aromatic rings. The van der Waals surface area contributed by atoms with Crippen LogP contribution in [0.25, 0.3) is 0 Å². The minimum absolute atomic E-state index is 0.00755. The third-order valence-corrected chi connectivity index (χ3v) is 11.2. The number of aromatic amines is 1. The van der Waals surface area contributed by atoms with Gasteiger partial charge in [0.05, 0.1) is 23.5 Å². The highest BCUT2D eigenvalue weighted by Crippen LogP contribution is 2.53. The first kappa shape index (κ1) is 43.8. The van der Waals surface area contributed by atoms with Crippen LogP contribution in [0.1, 0.15) is 81.9 Å². The lowest BCUT2D eigenvalue weighted by atomic mass is 9.98. The van der Waals surface area contributed by atoms with Crippen molar-refractivity contribution in [1.29, 1.82) is 0 Å². The maximum absolute atomic E-state index is 14.1. The molecular formula is C33H54N4O13P2. The summed E-state index contributed by atoms with van der Waals surface area (Å²) in [6.07, 6.45) is 0.979. The van der Waals surface area contributed by atoms with Crippen molar-refractivity contribution in [3.05, 3.63) is 45.0 Å². The van der Waals surface area contributed by atoms with Gasteiger partial charge in [0.25, 0.3) is 14.1 Å². The molecule has 0 aliphatic carbocycles. The van der Waals surface area contributed by atoms with E-state index in [1.54, 1.807) is 41.5 Å². The van der Waals surface area contributed by atoms with E-state index in [2.05, 4.69) is 14.6 Å². The summed E-state index contributed by atoms with van der Waals surface area (Å²) < 4.78 is 63.8. The first-order chi connectivity index (χ1) is 24.2. The van der Waals surface area contributed by atoms with Crippen molar-refractivity contribution in [2.75, 3.05) is 27.3 Å². The van der Waals surface area contributed by atoms with E-state index in [1.165, 1.54) is 25.4 Å². The van der Waals surface area contributed by atoms with Gasteiger partial charge < -0.3 is 28.0 Å². The Morgan fingerprint density at radius 3 is 2.04 bits per heavy atom. The van der Waals surface area contributed by atoms with E-state index in [1.807, 2.05) is 33.9 Å². The first-order valence-corrected chi connectivity index (χ1v) is 19.7. The van der Waals surface area contributed by atoms with Crippen LogP contribution < -0.4 is 11.2 Å². The molecule has 2 aliphatic heterocycles. The highest BCUT2D eigenvalue weighted by molar-refractivity contribution is 7.57. The van der Waals surface area contributed by atoms with Crippen molar-refractivity contribution in [1.82, 2.24) is 14.2 Å². The molecule has 1 fully saturated rings. The van der Waals surface area contributed by atoms with Gasteiger partial charge in [0.1, 0.15) is 18.3 Å². The minimum Gasteiger partial charge on any atom is -0.438 e. The van der Waals surface area contributed by atoms with Gasteiger partial charge in [-0.15, -0.1) is 0 Å². The Kier molecular flexibility index (Phi) is 15.7. The Morgan fingerprint density at radius 1 is 1.02 bits per heavy atom. The first-order valence-electron chi connectivity index (χ1n) is 17.0. The number of aromatic nitrogens is 2. The number of carbonyl (C=O) groups excluding carboxylic acids is 2. The molecule has 2 aliphatic rings. The van der Waals surface area contributed by atoms with Gasteiger partial charge in [-0.2, -0.15) is 0 Å². The van der Waals surface area contributed by atoms with Crippen molar-refractivity contribution in [3.63, 3.8) is 0 Å². The summed E-state index contributed by atoms with van der Waals surface area (Å²) >= 11 is 0. The van der Waals surface area contributed by atoms with Crippen molar-refractivity contribution in [2.24, 2.45) is 15.8 Å². The summed E-state index contributed by atoms with van der Waals surface area (Å²) in [6, 6.07) is 1.27. The molecule has 17 nitrogen and oxygen atoms in total. The van der Waals surface area contributed by atoms with E-state index in [4.69, 9.17) is 37.0 Å². The van der Waals surface area contributed by atoms with E-state index in [0.29, 0.717) is 13.0 Å². The fraction of sp³-hybridized carbons (Fsp3) is 0.727. The van der Waals surface area contributed by atoms with Gasteiger partial charge in [-0.1, -0.05) is 0 Å². The molecule has 0 spiro atoms. The number of methoxy groups -OCH3 is 1. The van der Waals surface area contributed by atoms with Gasteiger partial charge in [0.2, 0.25) is 13.6 Å². The van der Waals surface area contributed by atoms with Crippen LogP contribution in [-0.4, -0.2) is 96.1 Å². The van der Waals surface area contributed by atoms with E-state index >= 15 is 0 Å². The van der Waals surface area contributed by atoms with E-state index < -0.39 is 88.3 Å². The predicted octanol–water partition coefficient (Wildman–Crippen LogP) is 4.87.